The molecule has 0 unspecified atom stereocenters. The van der Waals surface area contributed by atoms with Crippen molar-refractivity contribution in [2.45, 2.75) is 11.8 Å². The lowest BCUT2D eigenvalue weighted by molar-refractivity contribution is 0.416. The Morgan fingerprint density at radius 2 is 1.53 bits per heavy atom. The maximum absolute atomic E-state index is 12.6. The molecule has 0 fully saturated rings. The van der Waals surface area contributed by atoms with Gasteiger partial charge < -0.3 is 10.1 Å². The number of hydrogen-bond acceptors (Lipinski definition) is 6. The third-order valence-corrected chi connectivity index (χ3v) is 6.19. The number of aryl methyl sites for hydroxylation is 1. The third-order valence-electron chi connectivity index (χ3n) is 4.79. The van der Waals surface area contributed by atoms with Gasteiger partial charge in [-0.2, -0.15) is 0 Å². The van der Waals surface area contributed by atoms with Crippen molar-refractivity contribution >= 4 is 27.2 Å². The summed E-state index contributed by atoms with van der Waals surface area (Å²) in [6.45, 7) is 1.91. The Morgan fingerprint density at radius 1 is 0.844 bits per heavy atom. The highest BCUT2D eigenvalue weighted by Crippen LogP contribution is 2.29. The smallest absolute Gasteiger partial charge is 0.261 e. The second kappa shape index (κ2) is 9.07. The number of para-hydroxylation sites is 1. The lowest BCUT2D eigenvalue weighted by Crippen LogP contribution is -2.12. The van der Waals surface area contributed by atoms with E-state index in [1.807, 2.05) is 37.3 Å². The number of nitrogens with zero attached hydrogens (tertiary/aromatic N) is 2. The van der Waals surface area contributed by atoms with Crippen LogP contribution in [0.15, 0.2) is 90.1 Å². The molecule has 0 spiro atoms. The van der Waals surface area contributed by atoms with Crippen LogP contribution in [0.1, 0.15) is 5.56 Å². The second-order valence-electron chi connectivity index (χ2n) is 7.11. The summed E-state index contributed by atoms with van der Waals surface area (Å²) in [6, 6.07) is 23.1. The Bertz CT molecular complexity index is 1320. The quantitative estimate of drug-likeness (QED) is 0.415. The molecule has 0 radical (unpaired) electrons. The van der Waals surface area contributed by atoms with Gasteiger partial charge in [0.25, 0.3) is 10.0 Å². The Morgan fingerprint density at radius 3 is 2.25 bits per heavy atom. The van der Waals surface area contributed by atoms with Crippen LogP contribution >= 0.6 is 0 Å². The van der Waals surface area contributed by atoms with Crippen LogP contribution in [0, 0.1) is 6.92 Å². The Labute approximate surface area is 187 Å². The van der Waals surface area contributed by atoms with Gasteiger partial charge in [0.2, 0.25) is 0 Å². The number of nitrogens with one attached hydrogen (secondary N) is 2. The molecule has 32 heavy (non-hydrogen) atoms. The predicted molar refractivity (Wildman–Crippen MR) is 126 cm³/mol. The molecular weight excluding hydrogens is 424 g/mol. The van der Waals surface area contributed by atoms with Crippen LogP contribution < -0.4 is 14.8 Å². The van der Waals surface area contributed by atoms with Gasteiger partial charge >= 0.3 is 0 Å². The normalized spacial score (nSPS) is 11.1. The van der Waals surface area contributed by atoms with Gasteiger partial charge in [0, 0.05) is 23.0 Å². The number of rotatable bonds is 7. The first-order valence-electron chi connectivity index (χ1n) is 9.87. The van der Waals surface area contributed by atoms with E-state index in [1.54, 1.807) is 55.6 Å². The van der Waals surface area contributed by atoms with E-state index in [0.717, 1.165) is 28.3 Å². The molecule has 3 aromatic carbocycles. The number of methoxy groups -OCH3 is 1. The number of anilines is 3. The van der Waals surface area contributed by atoms with Gasteiger partial charge in [-0.15, -0.1) is 0 Å². The summed E-state index contributed by atoms with van der Waals surface area (Å²) < 4.78 is 33.1. The van der Waals surface area contributed by atoms with E-state index in [2.05, 4.69) is 20.0 Å². The van der Waals surface area contributed by atoms with Crippen LogP contribution in [0.2, 0.25) is 0 Å². The molecule has 1 aromatic heterocycles. The van der Waals surface area contributed by atoms with Crippen molar-refractivity contribution in [2.75, 3.05) is 17.1 Å². The summed E-state index contributed by atoms with van der Waals surface area (Å²) >= 11 is 0. The minimum absolute atomic E-state index is 0.218. The maximum Gasteiger partial charge on any atom is 0.261 e. The number of benzene rings is 3. The molecule has 0 aliphatic carbocycles. The van der Waals surface area contributed by atoms with Crippen LogP contribution in [0.5, 0.6) is 5.75 Å². The van der Waals surface area contributed by atoms with Crippen LogP contribution in [0.25, 0.3) is 11.3 Å². The van der Waals surface area contributed by atoms with Crippen molar-refractivity contribution in [1.82, 2.24) is 9.97 Å². The summed E-state index contributed by atoms with van der Waals surface area (Å²) in [7, 11) is -2.03. The zero-order valence-electron chi connectivity index (χ0n) is 17.6. The minimum atomic E-state index is -3.65. The molecule has 0 amide bonds. The van der Waals surface area contributed by atoms with Crippen molar-refractivity contribution in [3.05, 3.63) is 90.8 Å². The average Bonchev–Trinajstić information content (AvgIpc) is 2.80. The van der Waals surface area contributed by atoms with E-state index >= 15 is 0 Å². The van der Waals surface area contributed by atoms with Gasteiger partial charge in [-0.1, -0.05) is 29.8 Å². The highest BCUT2D eigenvalue weighted by Gasteiger charge is 2.14. The number of aromatic nitrogens is 2. The number of hydrogen-bond donors (Lipinski definition) is 2. The van der Waals surface area contributed by atoms with Crippen LogP contribution in [0.4, 0.5) is 17.2 Å². The van der Waals surface area contributed by atoms with E-state index in [4.69, 9.17) is 4.74 Å². The van der Waals surface area contributed by atoms with E-state index in [9.17, 15) is 8.42 Å². The van der Waals surface area contributed by atoms with Crippen molar-refractivity contribution in [3.8, 4) is 17.0 Å². The number of sulfonamides is 1. The molecule has 4 aromatic rings. The van der Waals surface area contributed by atoms with Crippen molar-refractivity contribution in [2.24, 2.45) is 0 Å². The zero-order chi connectivity index (χ0) is 22.6. The SMILES string of the molecule is COc1ccccc1-c1cc(Nc2ccc(NS(=O)(=O)c3ccc(C)cc3)cc2)ncn1. The summed E-state index contributed by atoms with van der Waals surface area (Å²) in [5.74, 6) is 1.33. The Hall–Kier alpha value is -3.91. The predicted octanol–water partition coefficient (Wildman–Crippen LogP) is 5.01. The monoisotopic (exact) mass is 446 g/mol. The fourth-order valence-corrected chi connectivity index (χ4v) is 4.19. The Balaban J connectivity index is 1.49. The van der Waals surface area contributed by atoms with Gasteiger partial charge in [-0.3, -0.25) is 4.72 Å². The molecule has 0 saturated heterocycles. The largest absolute Gasteiger partial charge is 0.496 e. The zero-order valence-corrected chi connectivity index (χ0v) is 18.4. The van der Waals surface area contributed by atoms with E-state index in [1.165, 1.54) is 6.33 Å². The first kappa shape index (κ1) is 21.3. The number of ether oxygens (including phenoxy) is 1. The molecule has 8 heteroatoms. The molecule has 0 atom stereocenters. The molecule has 7 nitrogen and oxygen atoms in total. The lowest BCUT2D eigenvalue weighted by Gasteiger charge is -2.11. The minimum Gasteiger partial charge on any atom is -0.496 e. The molecule has 0 saturated carbocycles. The highest BCUT2D eigenvalue weighted by atomic mass is 32.2. The molecule has 0 aliphatic heterocycles. The first-order chi connectivity index (χ1) is 15.4. The van der Waals surface area contributed by atoms with Crippen molar-refractivity contribution < 1.29 is 13.2 Å². The van der Waals surface area contributed by atoms with Crippen molar-refractivity contribution in [1.29, 1.82) is 0 Å². The van der Waals surface area contributed by atoms with Gasteiger partial charge in [0.15, 0.2) is 0 Å². The summed E-state index contributed by atoms with van der Waals surface area (Å²) in [4.78, 5) is 8.83. The third kappa shape index (κ3) is 4.87. The van der Waals surface area contributed by atoms with E-state index < -0.39 is 10.0 Å². The van der Waals surface area contributed by atoms with Gasteiger partial charge in [-0.25, -0.2) is 18.4 Å². The standard InChI is InChI=1S/C24H22N4O3S/c1-17-7-13-20(14-8-17)32(29,30)28-19-11-9-18(10-12-19)27-24-15-22(25-16-26-24)21-5-3-4-6-23(21)31-2/h3-16,28H,1-2H3,(H,25,26,27). The fourth-order valence-electron chi connectivity index (χ4n) is 3.13. The Kier molecular flexibility index (Phi) is 6.04. The molecule has 2 N–H and O–H groups in total. The highest BCUT2D eigenvalue weighted by molar-refractivity contribution is 7.92. The first-order valence-corrected chi connectivity index (χ1v) is 11.3. The summed E-state index contributed by atoms with van der Waals surface area (Å²) in [5, 5.41) is 3.21. The van der Waals surface area contributed by atoms with E-state index in [-0.39, 0.29) is 4.90 Å². The molecule has 4 rings (SSSR count). The average molecular weight is 447 g/mol. The lowest BCUT2D eigenvalue weighted by atomic mass is 10.1. The second-order valence-corrected chi connectivity index (χ2v) is 8.79. The summed E-state index contributed by atoms with van der Waals surface area (Å²) in [6.07, 6.45) is 1.48. The molecule has 0 bridgehead atoms. The van der Waals surface area contributed by atoms with Gasteiger partial charge in [0.05, 0.1) is 17.7 Å². The molecule has 162 valence electrons. The van der Waals surface area contributed by atoms with Crippen LogP contribution in [0.3, 0.4) is 0 Å². The van der Waals surface area contributed by atoms with Crippen LogP contribution in [-0.2, 0) is 10.0 Å². The van der Waals surface area contributed by atoms with Gasteiger partial charge in [-0.05, 0) is 55.5 Å². The molecule has 1 heterocycles. The van der Waals surface area contributed by atoms with Crippen LogP contribution in [-0.4, -0.2) is 25.5 Å². The van der Waals surface area contributed by atoms with Gasteiger partial charge in [0.1, 0.15) is 17.9 Å². The molecule has 0 aliphatic rings. The van der Waals surface area contributed by atoms with Crippen molar-refractivity contribution in [3.63, 3.8) is 0 Å². The topological polar surface area (TPSA) is 93.2 Å². The summed E-state index contributed by atoms with van der Waals surface area (Å²) in [5.41, 5.74) is 3.81. The fraction of sp³-hybridized carbons (Fsp3) is 0.0833. The van der Waals surface area contributed by atoms with E-state index in [0.29, 0.717) is 11.5 Å². The maximum atomic E-state index is 12.6. The molecular formula is C24H22N4O3S.